The van der Waals surface area contributed by atoms with E-state index >= 15 is 0 Å². The molecular formula is C17H12ClFN4O3. The Morgan fingerprint density at radius 3 is 2.58 bits per heavy atom. The average molecular weight is 375 g/mol. The number of hydrogen-bond donors (Lipinski definition) is 0. The first-order chi connectivity index (χ1) is 12.6. The molecule has 0 aliphatic carbocycles. The van der Waals surface area contributed by atoms with Gasteiger partial charge in [0.25, 0.3) is 5.88 Å². The average Bonchev–Trinajstić information content (AvgIpc) is 2.64. The Labute approximate surface area is 152 Å². The Morgan fingerprint density at radius 2 is 1.92 bits per heavy atom. The molecule has 2 heterocycles. The number of rotatable bonds is 5. The highest BCUT2D eigenvalue weighted by Gasteiger charge is 2.21. The summed E-state index contributed by atoms with van der Waals surface area (Å²) in [5, 5.41) is 8.04. The van der Waals surface area contributed by atoms with E-state index in [2.05, 4.69) is 20.2 Å². The molecule has 26 heavy (non-hydrogen) atoms. The van der Waals surface area contributed by atoms with Crippen LogP contribution < -0.4 is 4.74 Å². The lowest BCUT2D eigenvalue weighted by Gasteiger charge is -2.09. The van der Waals surface area contributed by atoms with Gasteiger partial charge in [0, 0.05) is 5.56 Å². The number of esters is 1. The molecule has 0 bridgehead atoms. The molecule has 9 heteroatoms. The van der Waals surface area contributed by atoms with Crippen LogP contribution in [0.3, 0.4) is 0 Å². The van der Waals surface area contributed by atoms with Crippen molar-refractivity contribution in [2.24, 2.45) is 0 Å². The summed E-state index contributed by atoms with van der Waals surface area (Å²) >= 11 is 5.75. The number of halogens is 2. The third kappa shape index (κ3) is 4.09. The smallest absolute Gasteiger partial charge is 0.364 e. The van der Waals surface area contributed by atoms with Crippen LogP contribution in [0.2, 0.25) is 5.15 Å². The summed E-state index contributed by atoms with van der Waals surface area (Å²) in [6.07, 6.45) is 1.37. The SMILES string of the molecule is CCOC(=O)c1nnc(-c2ccc(F)cc2)nc1Oc1ccc(Cl)nc1. The van der Waals surface area contributed by atoms with Crippen molar-refractivity contribution < 1.29 is 18.7 Å². The fourth-order valence-electron chi connectivity index (χ4n) is 1.97. The van der Waals surface area contributed by atoms with E-state index < -0.39 is 11.8 Å². The molecule has 0 amide bonds. The van der Waals surface area contributed by atoms with E-state index in [0.717, 1.165) is 0 Å². The number of aromatic nitrogens is 4. The Bertz CT molecular complexity index is 920. The van der Waals surface area contributed by atoms with Crippen LogP contribution in [0.5, 0.6) is 11.6 Å². The minimum Gasteiger partial charge on any atom is -0.461 e. The number of ether oxygens (including phenoxy) is 2. The Kier molecular flexibility index (Phi) is 5.33. The first-order valence-electron chi connectivity index (χ1n) is 7.54. The quantitative estimate of drug-likeness (QED) is 0.497. The molecule has 0 atom stereocenters. The van der Waals surface area contributed by atoms with Gasteiger partial charge < -0.3 is 9.47 Å². The van der Waals surface area contributed by atoms with Crippen LogP contribution in [0, 0.1) is 5.82 Å². The maximum atomic E-state index is 13.1. The molecule has 0 spiro atoms. The molecule has 2 aromatic heterocycles. The highest BCUT2D eigenvalue weighted by atomic mass is 35.5. The van der Waals surface area contributed by atoms with Gasteiger partial charge >= 0.3 is 5.97 Å². The summed E-state index contributed by atoms with van der Waals surface area (Å²) in [6, 6.07) is 8.59. The van der Waals surface area contributed by atoms with Crippen molar-refractivity contribution in [1.29, 1.82) is 0 Å². The van der Waals surface area contributed by atoms with Gasteiger partial charge in [-0.1, -0.05) is 11.6 Å². The van der Waals surface area contributed by atoms with Crippen molar-refractivity contribution in [2.75, 3.05) is 6.61 Å². The van der Waals surface area contributed by atoms with Gasteiger partial charge in [0.1, 0.15) is 16.7 Å². The fourth-order valence-corrected chi connectivity index (χ4v) is 2.08. The van der Waals surface area contributed by atoms with Crippen LogP contribution in [0.1, 0.15) is 17.4 Å². The predicted octanol–water partition coefficient (Wildman–Crippen LogP) is 3.70. The van der Waals surface area contributed by atoms with Crippen LogP contribution in [0.25, 0.3) is 11.4 Å². The van der Waals surface area contributed by atoms with Crippen LogP contribution >= 0.6 is 11.6 Å². The van der Waals surface area contributed by atoms with Gasteiger partial charge in [-0.05, 0) is 43.3 Å². The van der Waals surface area contributed by atoms with Gasteiger partial charge in [-0.2, -0.15) is 4.98 Å². The van der Waals surface area contributed by atoms with Crippen LogP contribution in [-0.2, 0) is 4.74 Å². The molecule has 0 saturated heterocycles. The number of pyridine rings is 1. The van der Waals surface area contributed by atoms with E-state index in [4.69, 9.17) is 21.1 Å². The number of hydrogen-bond acceptors (Lipinski definition) is 7. The van der Waals surface area contributed by atoms with Crippen molar-refractivity contribution >= 4 is 17.6 Å². The third-order valence-electron chi connectivity index (χ3n) is 3.14. The van der Waals surface area contributed by atoms with Crippen molar-refractivity contribution in [3.63, 3.8) is 0 Å². The van der Waals surface area contributed by atoms with Crippen molar-refractivity contribution in [3.05, 3.63) is 59.3 Å². The van der Waals surface area contributed by atoms with Crippen LogP contribution in [0.15, 0.2) is 42.6 Å². The summed E-state index contributed by atoms with van der Waals surface area (Å²) in [4.78, 5) is 20.2. The number of carbonyl (C=O) groups excluding carboxylic acids is 1. The van der Waals surface area contributed by atoms with E-state index in [-0.39, 0.29) is 29.2 Å². The minimum absolute atomic E-state index is 0.109. The van der Waals surface area contributed by atoms with Gasteiger partial charge in [-0.25, -0.2) is 14.2 Å². The summed E-state index contributed by atoms with van der Waals surface area (Å²) in [5.74, 6) is -0.772. The molecule has 0 saturated carbocycles. The van der Waals surface area contributed by atoms with E-state index in [9.17, 15) is 9.18 Å². The van der Waals surface area contributed by atoms with E-state index in [1.165, 1.54) is 36.5 Å². The molecule has 0 N–H and O–H groups in total. The molecular weight excluding hydrogens is 363 g/mol. The second-order valence-corrected chi connectivity index (χ2v) is 5.32. The van der Waals surface area contributed by atoms with E-state index in [1.807, 2.05) is 0 Å². The lowest BCUT2D eigenvalue weighted by atomic mass is 10.2. The highest BCUT2D eigenvalue weighted by Crippen LogP contribution is 2.25. The molecule has 0 unspecified atom stereocenters. The van der Waals surface area contributed by atoms with Gasteiger partial charge in [-0.3, -0.25) is 0 Å². The van der Waals surface area contributed by atoms with Gasteiger partial charge in [0.2, 0.25) is 5.69 Å². The van der Waals surface area contributed by atoms with E-state index in [1.54, 1.807) is 13.0 Å². The molecule has 0 radical (unpaired) electrons. The van der Waals surface area contributed by atoms with Crippen LogP contribution in [-0.4, -0.2) is 32.7 Å². The van der Waals surface area contributed by atoms with Crippen LogP contribution in [0.4, 0.5) is 4.39 Å². The maximum absolute atomic E-state index is 13.1. The second kappa shape index (κ2) is 7.83. The zero-order valence-electron chi connectivity index (χ0n) is 13.5. The molecule has 0 fully saturated rings. The summed E-state index contributed by atoms with van der Waals surface area (Å²) in [5.41, 5.74) is 0.320. The standard InChI is InChI=1S/C17H12ClFN4O3/c1-2-25-17(24)14-16(26-12-7-8-13(18)20-9-12)21-15(23-22-14)10-3-5-11(19)6-4-10/h3-9H,2H2,1H3. The van der Waals surface area contributed by atoms with Crippen molar-refractivity contribution in [1.82, 2.24) is 20.2 Å². The summed E-state index contributed by atoms with van der Waals surface area (Å²) < 4.78 is 23.6. The molecule has 1 aromatic carbocycles. The lowest BCUT2D eigenvalue weighted by Crippen LogP contribution is -2.12. The lowest BCUT2D eigenvalue weighted by molar-refractivity contribution is 0.0514. The van der Waals surface area contributed by atoms with Crippen molar-refractivity contribution in [3.8, 4) is 23.0 Å². The maximum Gasteiger partial charge on any atom is 0.364 e. The van der Waals surface area contributed by atoms with Crippen molar-refractivity contribution in [2.45, 2.75) is 6.92 Å². The zero-order chi connectivity index (χ0) is 18.5. The van der Waals surface area contributed by atoms with Gasteiger partial charge in [0.15, 0.2) is 5.82 Å². The highest BCUT2D eigenvalue weighted by molar-refractivity contribution is 6.29. The Morgan fingerprint density at radius 1 is 1.15 bits per heavy atom. The molecule has 3 rings (SSSR count). The van der Waals surface area contributed by atoms with Gasteiger partial charge in [-0.15, -0.1) is 10.2 Å². The van der Waals surface area contributed by atoms with Gasteiger partial charge in [0.05, 0.1) is 12.8 Å². The Hall–Kier alpha value is -3.13. The molecule has 3 aromatic rings. The monoisotopic (exact) mass is 374 g/mol. The fraction of sp³-hybridized carbons (Fsp3) is 0.118. The number of benzene rings is 1. The largest absolute Gasteiger partial charge is 0.461 e. The third-order valence-corrected chi connectivity index (χ3v) is 3.36. The molecule has 0 aliphatic rings. The predicted molar refractivity (Wildman–Crippen MR) is 90.5 cm³/mol. The second-order valence-electron chi connectivity index (χ2n) is 4.94. The molecule has 0 aliphatic heterocycles. The minimum atomic E-state index is -0.727. The first kappa shape index (κ1) is 17.7. The summed E-state index contributed by atoms with van der Waals surface area (Å²) in [7, 11) is 0. The Balaban J connectivity index is 2.01. The summed E-state index contributed by atoms with van der Waals surface area (Å²) in [6.45, 7) is 1.82. The van der Waals surface area contributed by atoms with E-state index in [0.29, 0.717) is 11.3 Å². The molecule has 7 nitrogen and oxygen atoms in total. The number of nitrogens with zero attached hydrogens (tertiary/aromatic N) is 4. The molecule has 132 valence electrons. The number of carbonyl (C=O) groups is 1. The topological polar surface area (TPSA) is 87.1 Å². The normalized spacial score (nSPS) is 10.4. The zero-order valence-corrected chi connectivity index (χ0v) is 14.3. The first-order valence-corrected chi connectivity index (χ1v) is 7.92.